The van der Waals surface area contributed by atoms with Gasteiger partial charge in [-0.15, -0.1) is 0 Å². The van der Waals surface area contributed by atoms with Crippen molar-refractivity contribution in [2.45, 2.75) is 25.8 Å². The summed E-state index contributed by atoms with van der Waals surface area (Å²) in [7, 11) is 1.61. The second-order valence-corrected chi connectivity index (χ2v) is 6.55. The van der Waals surface area contributed by atoms with Crippen molar-refractivity contribution in [1.29, 1.82) is 5.26 Å². The Morgan fingerprint density at radius 1 is 1.26 bits per heavy atom. The van der Waals surface area contributed by atoms with Crippen LogP contribution in [0.15, 0.2) is 60.3 Å². The summed E-state index contributed by atoms with van der Waals surface area (Å²) in [6, 6.07) is 17.4. The van der Waals surface area contributed by atoms with Crippen molar-refractivity contribution >= 4 is 11.6 Å². The molecule has 5 nitrogen and oxygen atoms in total. The number of amides is 1. The average molecular weight is 361 g/mol. The number of carbonyl (C=O) groups excluding carboxylic acids is 1. The van der Waals surface area contributed by atoms with Crippen LogP contribution in [0.1, 0.15) is 30.5 Å². The summed E-state index contributed by atoms with van der Waals surface area (Å²) in [5.41, 5.74) is 3.36. The van der Waals surface area contributed by atoms with E-state index in [1.54, 1.807) is 13.3 Å². The molecule has 1 atom stereocenters. The van der Waals surface area contributed by atoms with E-state index >= 15 is 0 Å². The number of methoxy groups -OCH3 is 1. The molecule has 2 aromatic rings. The van der Waals surface area contributed by atoms with E-state index in [2.05, 4.69) is 11.4 Å². The van der Waals surface area contributed by atoms with Crippen molar-refractivity contribution in [2.24, 2.45) is 0 Å². The van der Waals surface area contributed by atoms with Gasteiger partial charge in [0.25, 0.3) is 5.91 Å². The summed E-state index contributed by atoms with van der Waals surface area (Å²) >= 11 is 0. The molecule has 3 rings (SSSR count). The predicted molar refractivity (Wildman–Crippen MR) is 105 cm³/mol. The molecule has 0 saturated carbocycles. The van der Waals surface area contributed by atoms with Crippen LogP contribution in [0.3, 0.4) is 0 Å². The number of benzene rings is 2. The van der Waals surface area contributed by atoms with Gasteiger partial charge in [0.15, 0.2) is 0 Å². The Hall–Kier alpha value is -3.26. The topological polar surface area (TPSA) is 65.4 Å². The van der Waals surface area contributed by atoms with Gasteiger partial charge in [-0.2, -0.15) is 5.26 Å². The van der Waals surface area contributed by atoms with Crippen LogP contribution in [-0.4, -0.2) is 19.6 Å². The highest BCUT2D eigenvalue weighted by atomic mass is 16.5. The molecule has 1 amide bonds. The van der Waals surface area contributed by atoms with Crippen molar-refractivity contribution < 1.29 is 9.53 Å². The Kier molecular flexibility index (Phi) is 5.77. The minimum absolute atomic E-state index is 0.104. The molecule has 0 radical (unpaired) electrons. The number of anilines is 1. The van der Waals surface area contributed by atoms with Gasteiger partial charge in [-0.05, 0) is 49.1 Å². The van der Waals surface area contributed by atoms with Crippen LogP contribution >= 0.6 is 0 Å². The van der Waals surface area contributed by atoms with Crippen LogP contribution in [0.25, 0.3) is 0 Å². The first kappa shape index (κ1) is 18.5. The summed E-state index contributed by atoms with van der Waals surface area (Å²) in [4.78, 5) is 14.6. The van der Waals surface area contributed by atoms with Gasteiger partial charge in [0.05, 0.1) is 13.2 Å². The third-order valence-corrected chi connectivity index (χ3v) is 4.76. The SMILES string of the molecule is COc1ccc(C(C)NC(=O)/C(C#N)=C\N2CCCc3ccccc32)cc1. The first-order chi connectivity index (χ1) is 13.1. The van der Waals surface area contributed by atoms with E-state index in [1.807, 2.05) is 60.4 Å². The number of nitrogens with one attached hydrogen (secondary N) is 1. The highest BCUT2D eigenvalue weighted by Crippen LogP contribution is 2.27. The molecule has 0 bridgehead atoms. The molecule has 5 heteroatoms. The Morgan fingerprint density at radius 2 is 2.00 bits per heavy atom. The van der Waals surface area contributed by atoms with Gasteiger partial charge in [0.1, 0.15) is 17.4 Å². The lowest BCUT2D eigenvalue weighted by Crippen LogP contribution is -2.30. The van der Waals surface area contributed by atoms with Crippen molar-refractivity contribution in [3.63, 3.8) is 0 Å². The monoisotopic (exact) mass is 361 g/mol. The summed E-state index contributed by atoms with van der Waals surface area (Å²) < 4.78 is 5.15. The fourth-order valence-corrected chi connectivity index (χ4v) is 3.24. The fraction of sp³-hybridized carbons (Fsp3) is 0.273. The number of fused-ring (bicyclic) bond motifs is 1. The van der Waals surface area contributed by atoms with E-state index in [4.69, 9.17) is 4.74 Å². The van der Waals surface area contributed by atoms with Crippen LogP contribution < -0.4 is 15.0 Å². The number of nitrogens with zero attached hydrogens (tertiary/aromatic N) is 2. The first-order valence-electron chi connectivity index (χ1n) is 9.03. The Balaban J connectivity index is 1.74. The largest absolute Gasteiger partial charge is 0.497 e. The van der Waals surface area contributed by atoms with Crippen molar-refractivity contribution in [3.05, 3.63) is 71.4 Å². The van der Waals surface area contributed by atoms with Gasteiger partial charge in [-0.25, -0.2) is 0 Å². The highest BCUT2D eigenvalue weighted by molar-refractivity contribution is 5.97. The quantitative estimate of drug-likeness (QED) is 0.651. The zero-order chi connectivity index (χ0) is 19.2. The van der Waals surface area contributed by atoms with Gasteiger partial charge in [0.2, 0.25) is 0 Å². The molecule has 0 spiro atoms. The Morgan fingerprint density at radius 3 is 2.70 bits per heavy atom. The normalized spacial score (nSPS) is 14.7. The highest BCUT2D eigenvalue weighted by Gasteiger charge is 2.19. The van der Waals surface area contributed by atoms with Crippen LogP contribution in [0.5, 0.6) is 5.75 Å². The van der Waals surface area contributed by atoms with Crippen molar-refractivity contribution in [3.8, 4) is 11.8 Å². The molecule has 1 unspecified atom stereocenters. The summed E-state index contributed by atoms with van der Waals surface area (Å²) in [5.74, 6) is 0.391. The van der Waals surface area contributed by atoms with Gasteiger partial charge >= 0.3 is 0 Å². The molecule has 1 N–H and O–H groups in total. The van der Waals surface area contributed by atoms with E-state index < -0.39 is 0 Å². The molecule has 27 heavy (non-hydrogen) atoms. The molecular formula is C22H23N3O2. The molecule has 138 valence electrons. The lowest BCUT2D eigenvalue weighted by molar-refractivity contribution is -0.117. The van der Waals surface area contributed by atoms with Crippen LogP contribution in [0.4, 0.5) is 5.69 Å². The number of rotatable bonds is 5. The molecule has 0 aliphatic carbocycles. The van der Waals surface area contributed by atoms with E-state index in [1.165, 1.54) is 5.56 Å². The lowest BCUT2D eigenvalue weighted by Gasteiger charge is -2.28. The molecule has 1 aliphatic rings. The second-order valence-electron chi connectivity index (χ2n) is 6.55. The standard InChI is InChI=1S/C22H23N3O2/c1-16(17-9-11-20(27-2)12-10-17)24-22(26)19(14-23)15-25-13-5-7-18-6-3-4-8-21(18)25/h3-4,6,8-12,15-16H,5,7,13H2,1-2H3,(H,24,26)/b19-15-. The maximum atomic E-state index is 12.6. The third kappa shape index (κ3) is 4.29. The molecule has 0 saturated heterocycles. The average Bonchev–Trinajstić information content (AvgIpc) is 2.72. The van der Waals surface area contributed by atoms with Crippen LogP contribution in [-0.2, 0) is 11.2 Å². The van der Waals surface area contributed by atoms with Gasteiger partial charge in [-0.3, -0.25) is 4.79 Å². The summed E-state index contributed by atoms with van der Waals surface area (Å²) in [6.07, 6.45) is 3.67. The van der Waals surface area contributed by atoms with Crippen molar-refractivity contribution in [2.75, 3.05) is 18.6 Å². The third-order valence-electron chi connectivity index (χ3n) is 4.76. The zero-order valence-corrected chi connectivity index (χ0v) is 15.6. The molecule has 1 heterocycles. The van der Waals surface area contributed by atoms with E-state index in [0.717, 1.165) is 36.4 Å². The maximum absolute atomic E-state index is 12.6. The Labute approximate surface area is 159 Å². The van der Waals surface area contributed by atoms with Gasteiger partial charge in [-0.1, -0.05) is 30.3 Å². The summed E-state index contributed by atoms with van der Waals surface area (Å²) in [5, 5.41) is 12.4. The second kappa shape index (κ2) is 8.41. The molecule has 2 aromatic carbocycles. The zero-order valence-electron chi connectivity index (χ0n) is 15.6. The number of hydrogen-bond acceptors (Lipinski definition) is 4. The van der Waals surface area contributed by atoms with Crippen LogP contribution in [0.2, 0.25) is 0 Å². The number of nitriles is 1. The van der Waals surface area contributed by atoms with E-state index in [9.17, 15) is 10.1 Å². The fourth-order valence-electron chi connectivity index (χ4n) is 3.24. The van der Waals surface area contributed by atoms with Gasteiger partial charge in [0, 0.05) is 18.4 Å². The molecule has 0 aromatic heterocycles. The number of carbonyl (C=O) groups is 1. The number of para-hydroxylation sites is 1. The minimum atomic E-state index is -0.371. The number of ether oxygens (including phenoxy) is 1. The molecular weight excluding hydrogens is 338 g/mol. The molecule has 1 aliphatic heterocycles. The first-order valence-corrected chi connectivity index (χ1v) is 9.03. The summed E-state index contributed by atoms with van der Waals surface area (Å²) in [6.45, 7) is 2.69. The smallest absolute Gasteiger partial charge is 0.263 e. The number of aryl methyl sites for hydroxylation is 1. The van der Waals surface area contributed by atoms with E-state index in [-0.39, 0.29) is 17.5 Å². The van der Waals surface area contributed by atoms with E-state index in [0.29, 0.717) is 0 Å². The Bertz CT molecular complexity index is 881. The maximum Gasteiger partial charge on any atom is 0.263 e. The van der Waals surface area contributed by atoms with Gasteiger partial charge < -0.3 is 15.0 Å². The molecule has 0 fully saturated rings. The lowest BCUT2D eigenvalue weighted by atomic mass is 10.0. The number of hydrogen-bond donors (Lipinski definition) is 1. The minimum Gasteiger partial charge on any atom is -0.497 e. The van der Waals surface area contributed by atoms with Crippen molar-refractivity contribution in [1.82, 2.24) is 5.32 Å². The van der Waals surface area contributed by atoms with Crippen LogP contribution in [0, 0.1) is 11.3 Å². The predicted octanol–water partition coefficient (Wildman–Crippen LogP) is 3.73.